The van der Waals surface area contributed by atoms with Crippen molar-refractivity contribution in [2.24, 2.45) is 12.8 Å². The van der Waals surface area contributed by atoms with Crippen LogP contribution in [0, 0.1) is 0 Å². The molecule has 0 spiro atoms. The van der Waals surface area contributed by atoms with Crippen LogP contribution in [0.1, 0.15) is 13.3 Å². The number of carbonyl (C=O) groups excluding carboxylic acids is 1. The van der Waals surface area contributed by atoms with Gasteiger partial charge in [-0.1, -0.05) is 18.7 Å². The molecule has 2 heterocycles. The van der Waals surface area contributed by atoms with Crippen molar-refractivity contribution in [3.05, 3.63) is 18.4 Å². The minimum absolute atomic E-state index is 0.294. The van der Waals surface area contributed by atoms with Crippen molar-refractivity contribution in [2.45, 2.75) is 23.8 Å². The first-order chi connectivity index (χ1) is 8.63. The molecular formula is C11H14N4O2S. The molecule has 0 unspecified atom stereocenters. The van der Waals surface area contributed by atoms with E-state index in [1.165, 1.54) is 11.8 Å². The number of thioether (sulfide) groups is 1. The SMILES string of the molecule is CC[C@@H](Sc1nnc(-c2ccco2)n1C)C(N)=O. The van der Waals surface area contributed by atoms with Gasteiger partial charge in [-0.15, -0.1) is 10.2 Å². The first kappa shape index (κ1) is 12.7. The molecule has 6 nitrogen and oxygen atoms in total. The smallest absolute Gasteiger partial charge is 0.231 e. The third kappa shape index (κ3) is 2.40. The van der Waals surface area contributed by atoms with Gasteiger partial charge in [-0.05, 0) is 18.6 Å². The van der Waals surface area contributed by atoms with Crippen LogP contribution in [0.25, 0.3) is 11.6 Å². The Labute approximate surface area is 109 Å². The third-order valence-electron chi connectivity index (χ3n) is 2.51. The van der Waals surface area contributed by atoms with Gasteiger partial charge in [0.1, 0.15) is 0 Å². The van der Waals surface area contributed by atoms with Crippen LogP contribution in [-0.2, 0) is 11.8 Å². The van der Waals surface area contributed by atoms with Crippen molar-refractivity contribution < 1.29 is 9.21 Å². The summed E-state index contributed by atoms with van der Waals surface area (Å²) in [7, 11) is 1.83. The fourth-order valence-electron chi connectivity index (χ4n) is 1.51. The molecule has 0 saturated heterocycles. The van der Waals surface area contributed by atoms with E-state index in [9.17, 15) is 4.79 Å². The summed E-state index contributed by atoms with van der Waals surface area (Å²) in [5.74, 6) is 0.927. The highest BCUT2D eigenvalue weighted by atomic mass is 32.2. The molecule has 0 fully saturated rings. The topological polar surface area (TPSA) is 86.9 Å². The Morgan fingerprint density at radius 3 is 2.94 bits per heavy atom. The van der Waals surface area contributed by atoms with Gasteiger partial charge >= 0.3 is 0 Å². The molecule has 2 aromatic rings. The Bertz CT molecular complexity index is 535. The quantitative estimate of drug-likeness (QED) is 0.827. The van der Waals surface area contributed by atoms with Crippen molar-refractivity contribution in [3.63, 3.8) is 0 Å². The lowest BCUT2D eigenvalue weighted by Crippen LogP contribution is -2.25. The van der Waals surface area contributed by atoms with E-state index in [1.807, 2.05) is 20.0 Å². The standard InChI is InChI=1S/C11H14N4O2S/c1-3-8(9(12)16)18-11-14-13-10(15(11)2)7-5-4-6-17-7/h4-6,8H,3H2,1-2H3,(H2,12,16)/t8-/m1/s1. The number of amides is 1. The highest BCUT2D eigenvalue weighted by Crippen LogP contribution is 2.26. The average Bonchev–Trinajstić information content (AvgIpc) is 2.95. The summed E-state index contributed by atoms with van der Waals surface area (Å²) in [5.41, 5.74) is 5.31. The van der Waals surface area contributed by atoms with E-state index < -0.39 is 0 Å². The van der Waals surface area contributed by atoms with E-state index in [2.05, 4.69) is 10.2 Å². The number of rotatable bonds is 5. The van der Waals surface area contributed by atoms with Gasteiger partial charge in [0.2, 0.25) is 5.91 Å². The number of aromatic nitrogens is 3. The highest BCUT2D eigenvalue weighted by Gasteiger charge is 2.20. The number of furan rings is 1. The molecule has 0 aliphatic rings. The van der Waals surface area contributed by atoms with Crippen molar-refractivity contribution in [1.82, 2.24) is 14.8 Å². The zero-order chi connectivity index (χ0) is 13.1. The van der Waals surface area contributed by atoms with Gasteiger partial charge in [-0.25, -0.2) is 0 Å². The highest BCUT2D eigenvalue weighted by molar-refractivity contribution is 8.00. The van der Waals surface area contributed by atoms with Crippen molar-refractivity contribution >= 4 is 17.7 Å². The van der Waals surface area contributed by atoms with Crippen LogP contribution in [0.2, 0.25) is 0 Å². The van der Waals surface area contributed by atoms with Crippen LogP contribution in [-0.4, -0.2) is 25.9 Å². The molecule has 0 bridgehead atoms. The summed E-state index contributed by atoms with van der Waals surface area (Å²) >= 11 is 1.31. The molecule has 96 valence electrons. The molecule has 2 N–H and O–H groups in total. The zero-order valence-electron chi connectivity index (χ0n) is 10.2. The molecule has 7 heteroatoms. The van der Waals surface area contributed by atoms with E-state index in [1.54, 1.807) is 16.9 Å². The second-order valence-electron chi connectivity index (χ2n) is 3.76. The van der Waals surface area contributed by atoms with E-state index in [4.69, 9.17) is 10.2 Å². The predicted molar refractivity (Wildman–Crippen MR) is 67.8 cm³/mol. The summed E-state index contributed by atoms with van der Waals surface area (Å²) in [4.78, 5) is 11.2. The fourth-order valence-corrected chi connectivity index (χ4v) is 2.38. The number of hydrogen-bond acceptors (Lipinski definition) is 5. The summed E-state index contributed by atoms with van der Waals surface area (Å²) in [6.07, 6.45) is 2.23. The Balaban J connectivity index is 2.23. The minimum Gasteiger partial charge on any atom is -0.461 e. The Hall–Kier alpha value is -1.76. The average molecular weight is 266 g/mol. The van der Waals surface area contributed by atoms with Gasteiger partial charge in [0.05, 0.1) is 11.5 Å². The van der Waals surface area contributed by atoms with E-state index in [-0.39, 0.29) is 11.2 Å². The number of nitrogens with zero attached hydrogens (tertiary/aromatic N) is 3. The normalized spacial score (nSPS) is 12.6. The maximum Gasteiger partial charge on any atom is 0.231 e. The van der Waals surface area contributed by atoms with Crippen LogP contribution < -0.4 is 5.73 Å². The molecule has 2 rings (SSSR count). The lowest BCUT2D eigenvalue weighted by atomic mass is 10.3. The molecule has 18 heavy (non-hydrogen) atoms. The van der Waals surface area contributed by atoms with Crippen molar-refractivity contribution in [2.75, 3.05) is 0 Å². The van der Waals surface area contributed by atoms with Crippen LogP contribution in [0.4, 0.5) is 0 Å². The molecule has 0 aromatic carbocycles. The van der Waals surface area contributed by atoms with Crippen molar-refractivity contribution in [1.29, 1.82) is 0 Å². The molecule has 0 aliphatic heterocycles. The first-order valence-corrected chi connectivity index (χ1v) is 6.40. The van der Waals surface area contributed by atoms with Gasteiger partial charge < -0.3 is 14.7 Å². The van der Waals surface area contributed by atoms with Crippen LogP contribution >= 0.6 is 11.8 Å². The molecular weight excluding hydrogens is 252 g/mol. The molecule has 1 atom stereocenters. The first-order valence-electron chi connectivity index (χ1n) is 5.52. The number of primary amides is 1. The lowest BCUT2D eigenvalue weighted by molar-refractivity contribution is -0.117. The van der Waals surface area contributed by atoms with E-state index in [0.717, 1.165) is 0 Å². The monoisotopic (exact) mass is 266 g/mol. The van der Waals surface area contributed by atoms with Gasteiger partial charge in [-0.3, -0.25) is 4.79 Å². The minimum atomic E-state index is -0.343. The van der Waals surface area contributed by atoms with Crippen LogP contribution in [0.5, 0.6) is 0 Å². The third-order valence-corrected chi connectivity index (χ3v) is 3.93. The molecule has 0 saturated carbocycles. The largest absolute Gasteiger partial charge is 0.461 e. The summed E-state index contributed by atoms with van der Waals surface area (Å²) < 4.78 is 7.06. The number of nitrogens with two attached hydrogens (primary N) is 1. The summed E-state index contributed by atoms with van der Waals surface area (Å²) in [6.45, 7) is 1.91. The van der Waals surface area contributed by atoms with Gasteiger partial charge in [0.25, 0.3) is 0 Å². The molecule has 0 aliphatic carbocycles. The van der Waals surface area contributed by atoms with E-state index >= 15 is 0 Å². The van der Waals surface area contributed by atoms with Gasteiger partial charge in [0.15, 0.2) is 16.7 Å². The van der Waals surface area contributed by atoms with E-state index in [0.29, 0.717) is 23.2 Å². The van der Waals surface area contributed by atoms with Gasteiger partial charge in [0, 0.05) is 7.05 Å². The Morgan fingerprint density at radius 2 is 2.39 bits per heavy atom. The lowest BCUT2D eigenvalue weighted by Gasteiger charge is -2.09. The zero-order valence-corrected chi connectivity index (χ0v) is 11.0. The Morgan fingerprint density at radius 1 is 1.61 bits per heavy atom. The van der Waals surface area contributed by atoms with Crippen molar-refractivity contribution in [3.8, 4) is 11.6 Å². The molecule has 0 radical (unpaired) electrons. The maximum absolute atomic E-state index is 11.2. The second-order valence-corrected chi connectivity index (χ2v) is 4.93. The Kier molecular flexibility index (Phi) is 3.71. The predicted octanol–water partition coefficient (Wildman–Crippen LogP) is 1.43. The summed E-state index contributed by atoms with van der Waals surface area (Å²) in [5, 5.41) is 8.45. The number of hydrogen-bond donors (Lipinski definition) is 1. The van der Waals surface area contributed by atoms with Crippen LogP contribution in [0.3, 0.4) is 0 Å². The maximum atomic E-state index is 11.2. The van der Waals surface area contributed by atoms with Gasteiger partial charge in [-0.2, -0.15) is 0 Å². The summed E-state index contributed by atoms with van der Waals surface area (Å²) in [6, 6.07) is 3.60. The van der Waals surface area contributed by atoms with Crippen LogP contribution in [0.15, 0.2) is 28.0 Å². The molecule has 1 amide bonds. The molecule has 2 aromatic heterocycles. The second kappa shape index (κ2) is 5.26. The number of carbonyl (C=O) groups is 1. The fraction of sp³-hybridized carbons (Fsp3) is 0.364.